The van der Waals surface area contributed by atoms with E-state index in [0.29, 0.717) is 21.9 Å². The molecule has 0 saturated heterocycles. The maximum Gasteiger partial charge on any atom is 0.305 e. The summed E-state index contributed by atoms with van der Waals surface area (Å²) in [4.78, 5) is 24.0. The van der Waals surface area contributed by atoms with Gasteiger partial charge < -0.3 is 9.15 Å². The van der Waals surface area contributed by atoms with Crippen LogP contribution in [0.3, 0.4) is 0 Å². The Labute approximate surface area is 148 Å². The van der Waals surface area contributed by atoms with Gasteiger partial charge in [0.2, 0.25) is 0 Å². The highest BCUT2D eigenvalue weighted by Gasteiger charge is 2.17. The summed E-state index contributed by atoms with van der Waals surface area (Å²) in [6.07, 6.45) is 0. The van der Waals surface area contributed by atoms with Crippen LogP contribution in [0.4, 0.5) is 0 Å². The van der Waals surface area contributed by atoms with Crippen LogP contribution in [0, 0.1) is 6.92 Å². The van der Waals surface area contributed by atoms with Crippen molar-refractivity contribution in [2.45, 2.75) is 6.92 Å². The summed E-state index contributed by atoms with van der Waals surface area (Å²) in [5, 5.41) is 1.25. The number of furan rings is 1. The number of hydrogen-bond donors (Lipinski definition) is 2. The lowest BCUT2D eigenvalue weighted by molar-refractivity contribution is -0.123. The van der Waals surface area contributed by atoms with Gasteiger partial charge in [-0.05, 0) is 25.1 Å². The van der Waals surface area contributed by atoms with Gasteiger partial charge in [0.1, 0.15) is 11.3 Å². The molecule has 2 N–H and O–H groups in total. The summed E-state index contributed by atoms with van der Waals surface area (Å²) >= 11 is 5.93. The lowest BCUT2D eigenvalue weighted by atomic mass is 10.1. The number of rotatable bonds is 4. The molecule has 25 heavy (non-hydrogen) atoms. The Morgan fingerprint density at radius 2 is 1.80 bits per heavy atom. The molecule has 1 heterocycles. The number of benzene rings is 2. The number of hydrogen-bond acceptors (Lipinski definition) is 4. The van der Waals surface area contributed by atoms with Crippen molar-refractivity contribution >= 4 is 34.4 Å². The number of carbonyl (C=O) groups excluding carboxylic acids is 2. The van der Waals surface area contributed by atoms with Crippen LogP contribution in [0.25, 0.3) is 11.0 Å². The van der Waals surface area contributed by atoms with E-state index in [2.05, 4.69) is 10.9 Å². The molecular weight excluding hydrogens is 344 g/mol. The Hall–Kier alpha value is -2.99. The van der Waals surface area contributed by atoms with Crippen molar-refractivity contribution in [2.24, 2.45) is 0 Å². The van der Waals surface area contributed by atoms with Gasteiger partial charge in [0.15, 0.2) is 12.4 Å². The molecule has 2 amide bonds. The minimum Gasteiger partial charge on any atom is -0.482 e. The standard InChI is InChI=1S/C18H15ClN2O4/c1-11-12-6-2-4-8-14(12)25-17(11)18(23)21-20-16(22)10-24-15-9-5-3-7-13(15)19/h2-9H,10H2,1H3,(H,20,22)(H,21,23). The number of carbonyl (C=O) groups is 2. The molecule has 0 saturated carbocycles. The zero-order chi connectivity index (χ0) is 17.8. The molecule has 128 valence electrons. The van der Waals surface area contributed by atoms with Crippen molar-refractivity contribution in [2.75, 3.05) is 6.61 Å². The van der Waals surface area contributed by atoms with E-state index in [1.54, 1.807) is 37.3 Å². The molecule has 0 aliphatic carbocycles. The summed E-state index contributed by atoms with van der Waals surface area (Å²) in [5.74, 6) is -0.533. The van der Waals surface area contributed by atoms with Crippen LogP contribution in [-0.4, -0.2) is 18.4 Å². The maximum atomic E-state index is 12.2. The number of hydrazine groups is 1. The molecule has 0 spiro atoms. The molecule has 0 fully saturated rings. The van der Waals surface area contributed by atoms with E-state index < -0.39 is 11.8 Å². The minimum atomic E-state index is -0.542. The van der Waals surface area contributed by atoms with Gasteiger partial charge in [-0.1, -0.05) is 41.9 Å². The van der Waals surface area contributed by atoms with Crippen molar-refractivity contribution < 1.29 is 18.7 Å². The highest BCUT2D eigenvalue weighted by molar-refractivity contribution is 6.32. The number of aryl methyl sites for hydroxylation is 1. The largest absolute Gasteiger partial charge is 0.482 e. The van der Waals surface area contributed by atoms with Gasteiger partial charge in [-0.3, -0.25) is 20.4 Å². The molecule has 0 bridgehead atoms. The highest BCUT2D eigenvalue weighted by atomic mass is 35.5. The van der Waals surface area contributed by atoms with Gasteiger partial charge in [0, 0.05) is 10.9 Å². The molecule has 0 unspecified atom stereocenters. The zero-order valence-corrected chi connectivity index (χ0v) is 14.1. The van der Waals surface area contributed by atoms with E-state index in [4.69, 9.17) is 20.8 Å². The number of halogens is 1. The molecule has 0 radical (unpaired) electrons. The first-order valence-electron chi connectivity index (χ1n) is 7.51. The number of para-hydroxylation sites is 2. The summed E-state index contributed by atoms with van der Waals surface area (Å²) in [5.41, 5.74) is 5.89. The smallest absolute Gasteiger partial charge is 0.305 e. The molecule has 0 aliphatic rings. The van der Waals surface area contributed by atoms with E-state index in [9.17, 15) is 9.59 Å². The SMILES string of the molecule is Cc1c(C(=O)NNC(=O)COc2ccccc2Cl)oc2ccccc12. The summed E-state index contributed by atoms with van der Waals surface area (Å²) in [7, 11) is 0. The Bertz CT molecular complexity index is 936. The Morgan fingerprint density at radius 1 is 1.08 bits per heavy atom. The molecule has 0 atom stereocenters. The van der Waals surface area contributed by atoms with Gasteiger partial charge in [-0.2, -0.15) is 0 Å². The maximum absolute atomic E-state index is 12.2. The van der Waals surface area contributed by atoms with Gasteiger partial charge >= 0.3 is 5.91 Å². The van der Waals surface area contributed by atoms with Gasteiger partial charge in [0.25, 0.3) is 5.91 Å². The van der Waals surface area contributed by atoms with Crippen molar-refractivity contribution in [3.8, 4) is 5.75 Å². The average Bonchev–Trinajstić information content (AvgIpc) is 2.96. The third kappa shape index (κ3) is 3.75. The van der Waals surface area contributed by atoms with Crippen molar-refractivity contribution in [1.82, 2.24) is 10.9 Å². The summed E-state index contributed by atoms with van der Waals surface area (Å²) in [6, 6.07) is 14.1. The van der Waals surface area contributed by atoms with Crippen molar-refractivity contribution in [3.05, 3.63) is 64.9 Å². The number of amides is 2. The fourth-order valence-corrected chi connectivity index (χ4v) is 2.51. The molecule has 0 aliphatic heterocycles. The van der Waals surface area contributed by atoms with Crippen LogP contribution in [0.15, 0.2) is 52.9 Å². The molecule has 3 aromatic rings. The van der Waals surface area contributed by atoms with Crippen LogP contribution in [0.5, 0.6) is 5.75 Å². The number of nitrogens with one attached hydrogen (secondary N) is 2. The lowest BCUT2D eigenvalue weighted by Crippen LogP contribution is -2.43. The second kappa shape index (κ2) is 7.27. The van der Waals surface area contributed by atoms with Crippen LogP contribution in [-0.2, 0) is 4.79 Å². The fraction of sp³-hybridized carbons (Fsp3) is 0.111. The van der Waals surface area contributed by atoms with Crippen LogP contribution < -0.4 is 15.6 Å². The van der Waals surface area contributed by atoms with E-state index in [1.807, 2.05) is 18.2 Å². The summed E-state index contributed by atoms with van der Waals surface area (Å²) in [6.45, 7) is 1.49. The molecule has 1 aromatic heterocycles. The molecule has 6 nitrogen and oxygen atoms in total. The van der Waals surface area contributed by atoms with Gasteiger partial charge in [-0.25, -0.2) is 0 Å². The highest BCUT2D eigenvalue weighted by Crippen LogP contribution is 2.24. The average molecular weight is 359 g/mol. The van der Waals surface area contributed by atoms with Crippen molar-refractivity contribution in [3.63, 3.8) is 0 Å². The number of ether oxygens (including phenoxy) is 1. The van der Waals surface area contributed by atoms with Gasteiger partial charge in [-0.15, -0.1) is 0 Å². The van der Waals surface area contributed by atoms with E-state index in [0.717, 1.165) is 5.39 Å². The lowest BCUT2D eigenvalue weighted by Gasteiger charge is -2.09. The quantitative estimate of drug-likeness (QED) is 0.702. The fourth-order valence-electron chi connectivity index (χ4n) is 2.32. The van der Waals surface area contributed by atoms with Crippen LogP contribution in [0.1, 0.15) is 16.1 Å². The van der Waals surface area contributed by atoms with E-state index in [-0.39, 0.29) is 12.4 Å². The predicted molar refractivity (Wildman–Crippen MR) is 93.5 cm³/mol. The number of fused-ring (bicyclic) bond motifs is 1. The Kier molecular flexibility index (Phi) is 4.90. The minimum absolute atomic E-state index is 0.147. The third-order valence-electron chi connectivity index (χ3n) is 3.56. The van der Waals surface area contributed by atoms with Crippen LogP contribution in [0.2, 0.25) is 5.02 Å². The first-order chi connectivity index (χ1) is 12.1. The molecule has 3 rings (SSSR count). The van der Waals surface area contributed by atoms with E-state index >= 15 is 0 Å². The second-order valence-corrected chi connectivity index (χ2v) is 5.68. The molecular formula is C18H15ClN2O4. The Balaban J connectivity index is 1.57. The van der Waals surface area contributed by atoms with Crippen LogP contribution >= 0.6 is 11.6 Å². The molecule has 7 heteroatoms. The van der Waals surface area contributed by atoms with Crippen molar-refractivity contribution in [1.29, 1.82) is 0 Å². The Morgan fingerprint density at radius 3 is 2.56 bits per heavy atom. The predicted octanol–water partition coefficient (Wildman–Crippen LogP) is 3.23. The zero-order valence-electron chi connectivity index (χ0n) is 13.3. The first kappa shape index (κ1) is 16.9. The van der Waals surface area contributed by atoms with Gasteiger partial charge in [0.05, 0.1) is 5.02 Å². The molecule has 2 aromatic carbocycles. The normalized spacial score (nSPS) is 10.5. The second-order valence-electron chi connectivity index (χ2n) is 5.27. The van der Waals surface area contributed by atoms with E-state index in [1.165, 1.54) is 0 Å². The third-order valence-corrected chi connectivity index (χ3v) is 3.87. The monoisotopic (exact) mass is 358 g/mol. The first-order valence-corrected chi connectivity index (χ1v) is 7.88. The summed E-state index contributed by atoms with van der Waals surface area (Å²) < 4.78 is 10.8. The topological polar surface area (TPSA) is 80.6 Å².